The van der Waals surface area contributed by atoms with Gasteiger partial charge in [-0.05, 0) is 43.3 Å². The van der Waals surface area contributed by atoms with Crippen molar-refractivity contribution in [3.8, 4) is 11.5 Å². The van der Waals surface area contributed by atoms with Crippen molar-refractivity contribution < 1.29 is 37.0 Å². The van der Waals surface area contributed by atoms with Gasteiger partial charge in [-0.1, -0.05) is 0 Å². The lowest BCUT2D eigenvalue weighted by Crippen LogP contribution is -2.30. The molecule has 1 aliphatic heterocycles. The van der Waals surface area contributed by atoms with Gasteiger partial charge in [-0.3, -0.25) is 4.79 Å². The summed E-state index contributed by atoms with van der Waals surface area (Å²) in [6, 6.07) is 8.31. The van der Waals surface area contributed by atoms with E-state index < -0.39 is 29.7 Å². The fourth-order valence-corrected chi connectivity index (χ4v) is 2.30. The molecule has 0 fully saturated rings. The van der Waals surface area contributed by atoms with Gasteiger partial charge in [0.2, 0.25) is 6.79 Å². The number of rotatable bonds is 4. The lowest BCUT2D eigenvalue weighted by atomic mass is 10.1. The number of carbonyl (C=O) groups excluding carboxylic acids is 2. The van der Waals surface area contributed by atoms with Crippen LogP contribution in [0.1, 0.15) is 22.8 Å². The number of esters is 1. The minimum Gasteiger partial charge on any atom is -0.454 e. The highest BCUT2D eigenvalue weighted by Crippen LogP contribution is 2.34. The number of fused-ring (bicyclic) bond motifs is 1. The molecule has 27 heavy (non-hydrogen) atoms. The third-order valence-corrected chi connectivity index (χ3v) is 3.74. The van der Waals surface area contributed by atoms with Gasteiger partial charge in [0.15, 0.2) is 17.6 Å². The van der Waals surface area contributed by atoms with Crippen molar-refractivity contribution in [2.75, 3.05) is 12.1 Å². The summed E-state index contributed by atoms with van der Waals surface area (Å²) in [6.45, 7) is 1.44. The van der Waals surface area contributed by atoms with Crippen LogP contribution in [0.25, 0.3) is 0 Å². The van der Waals surface area contributed by atoms with Crippen molar-refractivity contribution in [3.05, 3.63) is 53.6 Å². The maximum atomic E-state index is 12.5. The van der Waals surface area contributed by atoms with Gasteiger partial charge in [-0.15, -0.1) is 0 Å². The van der Waals surface area contributed by atoms with Crippen LogP contribution in [0, 0.1) is 0 Å². The fourth-order valence-electron chi connectivity index (χ4n) is 2.30. The highest BCUT2D eigenvalue weighted by atomic mass is 19.4. The molecule has 1 N–H and O–H groups in total. The number of nitrogens with one attached hydrogen (secondary N) is 1. The first-order valence-corrected chi connectivity index (χ1v) is 7.83. The average molecular weight is 381 g/mol. The molecule has 1 aliphatic rings. The number of hydrogen-bond donors (Lipinski definition) is 1. The number of ether oxygens (including phenoxy) is 3. The first kappa shape index (κ1) is 18.6. The SMILES string of the molecule is C[C@H](OC(=O)c1ccc(C(F)(F)F)cc1)C(=O)Nc1ccc2c(c1)OCO2. The zero-order valence-corrected chi connectivity index (χ0v) is 14.0. The van der Waals surface area contributed by atoms with Crippen LogP contribution >= 0.6 is 0 Å². The van der Waals surface area contributed by atoms with Crippen LogP contribution in [0.2, 0.25) is 0 Å². The molecule has 3 rings (SSSR count). The van der Waals surface area contributed by atoms with Gasteiger partial charge in [-0.25, -0.2) is 4.79 Å². The molecule has 9 heteroatoms. The first-order valence-electron chi connectivity index (χ1n) is 7.83. The van der Waals surface area contributed by atoms with Crippen LogP contribution < -0.4 is 14.8 Å². The Balaban J connectivity index is 1.59. The topological polar surface area (TPSA) is 73.9 Å². The molecular weight excluding hydrogens is 367 g/mol. The predicted molar refractivity (Wildman–Crippen MR) is 87.5 cm³/mol. The number of amides is 1. The lowest BCUT2D eigenvalue weighted by molar-refractivity contribution is -0.137. The van der Waals surface area contributed by atoms with E-state index in [0.717, 1.165) is 24.3 Å². The lowest BCUT2D eigenvalue weighted by Gasteiger charge is -2.14. The molecular formula is C18H14F3NO5. The molecule has 1 heterocycles. The molecule has 2 aromatic carbocycles. The molecule has 2 aromatic rings. The highest BCUT2D eigenvalue weighted by molar-refractivity contribution is 5.97. The van der Waals surface area contributed by atoms with E-state index in [1.54, 1.807) is 18.2 Å². The smallest absolute Gasteiger partial charge is 0.416 e. The van der Waals surface area contributed by atoms with Crippen LogP contribution in [0.4, 0.5) is 18.9 Å². The Labute approximate surface area is 151 Å². The summed E-state index contributed by atoms with van der Waals surface area (Å²) in [6.07, 6.45) is -5.66. The van der Waals surface area contributed by atoms with E-state index >= 15 is 0 Å². The van der Waals surface area contributed by atoms with Gasteiger partial charge in [-0.2, -0.15) is 13.2 Å². The Morgan fingerprint density at radius 1 is 1.07 bits per heavy atom. The number of benzene rings is 2. The summed E-state index contributed by atoms with van der Waals surface area (Å²) in [5.41, 5.74) is -0.556. The van der Waals surface area contributed by atoms with Crippen molar-refractivity contribution >= 4 is 17.6 Å². The summed E-state index contributed by atoms with van der Waals surface area (Å²) in [5.74, 6) is -0.483. The second-order valence-electron chi connectivity index (χ2n) is 5.68. The zero-order valence-electron chi connectivity index (χ0n) is 14.0. The van der Waals surface area contributed by atoms with Crippen LogP contribution in [0.3, 0.4) is 0 Å². The molecule has 0 spiro atoms. The molecule has 0 saturated heterocycles. The molecule has 0 radical (unpaired) electrons. The fraction of sp³-hybridized carbons (Fsp3) is 0.222. The third-order valence-electron chi connectivity index (χ3n) is 3.74. The number of carbonyl (C=O) groups is 2. The van der Waals surface area contributed by atoms with Gasteiger partial charge >= 0.3 is 12.1 Å². The van der Waals surface area contributed by atoms with Crippen LogP contribution in [0.15, 0.2) is 42.5 Å². The van der Waals surface area contributed by atoms with Crippen molar-refractivity contribution in [2.24, 2.45) is 0 Å². The molecule has 142 valence electrons. The van der Waals surface area contributed by atoms with Crippen molar-refractivity contribution in [1.82, 2.24) is 0 Å². The molecule has 1 atom stereocenters. The van der Waals surface area contributed by atoms with Crippen molar-refractivity contribution in [1.29, 1.82) is 0 Å². The average Bonchev–Trinajstić information content (AvgIpc) is 3.08. The van der Waals surface area contributed by atoms with Gasteiger partial charge in [0, 0.05) is 11.8 Å². The summed E-state index contributed by atoms with van der Waals surface area (Å²) >= 11 is 0. The van der Waals surface area contributed by atoms with E-state index in [1.807, 2.05) is 0 Å². The predicted octanol–water partition coefficient (Wildman–Crippen LogP) is 3.62. The summed E-state index contributed by atoms with van der Waals surface area (Å²) < 4.78 is 53.0. The van der Waals surface area contributed by atoms with Crippen molar-refractivity contribution in [3.63, 3.8) is 0 Å². The van der Waals surface area contributed by atoms with Gasteiger partial charge in [0.05, 0.1) is 11.1 Å². The number of halogens is 3. The molecule has 0 bridgehead atoms. The van der Waals surface area contributed by atoms with Crippen LogP contribution in [0.5, 0.6) is 11.5 Å². The Hall–Kier alpha value is -3.23. The van der Waals surface area contributed by atoms with E-state index in [0.29, 0.717) is 17.2 Å². The van der Waals surface area contributed by atoms with E-state index in [-0.39, 0.29) is 12.4 Å². The van der Waals surface area contributed by atoms with Gasteiger partial charge in [0.25, 0.3) is 5.91 Å². The quantitative estimate of drug-likeness (QED) is 0.819. The normalized spacial score (nSPS) is 13.8. The Bertz CT molecular complexity index is 864. The largest absolute Gasteiger partial charge is 0.454 e. The van der Waals surface area contributed by atoms with E-state index in [2.05, 4.69) is 5.32 Å². The molecule has 0 saturated carbocycles. The Morgan fingerprint density at radius 3 is 2.41 bits per heavy atom. The summed E-state index contributed by atoms with van der Waals surface area (Å²) in [7, 11) is 0. The zero-order chi connectivity index (χ0) is 19.6. The Morgan fingerprint density at radius 2 is 1.74 bits per heavy atom. The molecule has 6 nitrogen and oxygen atoms in total. The van der Waals surface area contributed by atoms with E-state index in [4.69, 9.17) is 14.2 Å². The van der Waals surface area contributed by atoms with Gasteiger partial charge < -0.3 is 19.5 Å². The van der Waals surface area contributed by atoms with Crippen LogP contribution in [-0.4, -0.2) is 24.8 Å². The van der Waals surface area contributed by atoms with Crippen molar-refractivity contribution in [2.45, 2.75) is 19.2 Å². The maximum absolute atomic E-state index is 12.5. The number of anilines is 1. The van der Waals surface area contributed by atoms with Crippen LogP contribution in [-0.2, 0) is 15.7 Å². The van der Waals surface area contributed by atoms with E-state index in [9.17, 15) is 22.8 Å². The molecule has 1 amide bonds. The van der Waals surface area contributed by atoms with E-state index in [1.165, 1.54) is 6.92 Å². The molecule has 0 unspecified atom stereocenters. The third kappa shape index (κ3) is 4.30. The summed E-state index contributed by atoms with van der Waals surface area (Å²) in [4.78, 5) is 24.2. The number of alkyl halides is 3. The first-order chi connectivity index (χ1) is 12.7. The van der Waals surface area contributed by atoms with Gasteiger partial charge in [0.1, 0.15) is 0 Å². The minimum absolute atomic E-state index is 0.0911. The Kier molecular flexibility index (Phi) is 4.93. The molecule has 0 aliphatic carbocycles. The number of hydrogen-bond acceptors (Lipinski definition) is 5. The standard InChI is InChI=1S/C18H14F3NO5/c1-10(16(23)22-13-6-7-14-15(8-13)26-9-25-14)27-17(24)11-2-4-12(5-3-11)18(19,20)21/h2-8,10H,9H2,1H3,(H,22,23)/t10-/m0/s1. The molecule has 0 aromatic heterocycles. The second-order valence-corrected chi connectivity index (χ2v) is 5.68. The maximum Gasteiger partial charge on any atom is 0.416 e. The monoisotopic (exact) mass is 381 g/mol. The minimum atomic E-state index is -4.50. The second kappa shape index (κ2) is 7.18. The highest BCUT2D eigenvalue weighted by Gasteiger charge is 2.30. The summed E-state index contributed by atoms with van der Waals surface area (Å²) in [5, 5.41) is 2.56.